The molecule has 18 heavy (non-hydrogen) atoms. The van der Waals surface area contributed by atoms with Crippen molar-refractivity contribution in [2.45, 2.75) is 13.8 Å². The molecule has 1 amide bonds. The minimum absolute atomic E-state index is 0.0843. The first-order chi connectivity index (χ1) is 8.54. The minimum atomic E-state index is -0.487. The molecule has 1 heterocycles. The summed E-state index contributed by atoms with van der Waals surface area (Å²) in [4.78, 5) is 18.8. The van der Waals surface area contributed by atoms with Crippen LogP contribution in [0.25, 0.3) is 0 Å². The summed E-state index contributed by atoms with van der Waals surface area (Å²) in [6.07, 6.45) is 0. The maximum atomic E-state index is 10.4. The lowest BCUT2D eigenvalue weighted by Crippen LogP contribution is -2.21. The van der Waals surface area contributed by atoms with E-state index >= 15 is 0 Å². The van der Waals surface area contributed by atoms with Gasteiger partial charge in [-0.1, -0.05) is 0 Å². The lowest BCUT2D eigenvalue weighted by Gasteiger charge is -2.12. The minimum Gasteiger partial charge on any atom is -0.370 e. The molecule has 0 radical (unpaired) electrons. The van der Waals surface area contributed by atoms with E-state index in [1.165, 1.54) is 0 Å². The molecular formula is C10H18N6O2. The van der Waals surface area contributed by atoms with Gasteiger partial charge < -0.3 is 21.2 Å². The zero-order chi connectivity index (χ0) is 13.5. The van der Waals surface area contributed by atoms with Gasteiger partial charge in [-0.15, -0.1) is 0 Å². The van der Waals surface area contributed by atoms with Crippen molar-refractivity contribution in [1.29, 1.82) is 0 Å². The van der Waals surface area contributed by atoms with Crippen molar-refractivity contribution in [1.82, 2.24) is 9.97 Å². The monoisotopic (exact) mass is 254 g/mol. The highest BCUT2D eigenvalue weighted by molar-refractivity contribution is 5.74. The van der Waals surface area contributed by atoms with E-state index in [1.807, 2.05) is 6.92 Å². The third-order valence-corrected chi connectivity index (χ3v) is 2.18. The van der Waals surface area contributed by atoms with Crippen LogP contribution < -0.4 is 22.3 Å². The Morgan fingerprint density at radius 3 is 2.61 bits per heavy atom. The number of carbonyl (C=O) groups is 1. The molecule has 6 N–H and O–H groups in total. The molecule has 0 bridgehead atoms. The van der Waals surface area contributed by atoms with Crippen LogP contribution in [0.2, 0.25) is 0 Å². The number of ether oxygens (including phenoxy) is 1. The number of nitrogens with zero attached hydrogens (tertiary/aromatic N) is 2. The number of rotatable bonds is 7. The van der Waals surface area contributed by atoms with Gasteiger partial charge in [-0.3, -0.25) is 4.79 Å². The number of amides is 1. The normalized spacial score (nSPS) is 10.2. The number of aryl methyl sites for hydroxylation is 1. The predicted octanol–water partition coefficient (Wildman–Crippen LogP) is -0.707. The quantitative estimate of drug-likeness (QED) is 0.287. The smallest absolute Gasteiger partial charge is 0.243 e. The van der Waals surface area contributed by atoms with E-state index in [0.29, 0.717) is 30.6 Å². The summed E-state index contributed by atoms with van der Waals surface area (Å²) < 4.78 is 5.02. The molecular weight excluding hydrogens is 236 g/mol. The molecule has 0 aliphatic heterocycles. The molecule has 1 aromatic heterocycles. The number of carbonyl (C=O) groups excluding carboxylic acids is 1. The number of hydrazine groups is 1. The standard InChI is InChI=1S/C10H18N6O2/c1-6-9(13-3-4-18-5-8(11)17)14-7(2)15-10(6)16-12/h3-5,12H2,1-2H3,(H2,11,17)(H2,13,14,15,16). The summed E-state index contributed by atoms with van der Waals surface area (Å²) in [7, 11) is 0. The van der Waals surface area contributed by atoms with E-state index in [2.05, 4.69) is 20.7 Å². The van der Waals surface area contributed by atoms with Gasteiger partial charge >= 0.3 is 0 Å². The van der Waals surface area contributed by atoms with Crippen molar-refractivity contribution in [3.8, 4) is 0 Å². The van der Waals surface area contributed by atoms with Crippen LogP contribution in [0.1, 0.15) is 11.4 Å². The number of anilines is 2. The van der Waals surface area contributed by atoms with Crippen LogP contribution in [-0.2, 0) is 9.53 Å². The fourth-order valence-corrected chi connectivity index (χ4v) is 1.36. The number of hydrogen-bond acceptors (Lipinski definition) is 7. The lowest BCUT2D eigenvalue weighted by atomic mass is 10.3. The van der Waals surface area contributed by atoms with E-state index in [1.54, 1.807) is 6.92 Å². The van der Waals surface area contributed by atoms with Gasteiger partial charge in [0.1, 0.15) is 24.1 Å². The van der Waals surface area contributed by atoms with Gasteiger partial charge in [0, 0.05) is 12.1 Å². The third kappa shape index (κ3) is 4.15. The molecule has 0 aromatic carbocycles. The van der Waals surface area contributed by atoms with Crippen molar-refractivity contribution in [2.75, 3.05) is 30.5 Å². The molecule has 0 unspecified atom stereocenters. The molecule has 8 nitrogen and oxygen atoms in total. The average Bonchev–Trinajstić information content (AvgIpc) is 2.32. The molecule has 0 atom stereocenters. The second-order valence-electron chi connectivity index (χ2n) is 3.68. The van der Waals surface area contributed by atoms with E-state index in [4.69, 9.17) is 16.3 Å². The van der Waals surface area contributed by atoms with E-state index in [9.17, 15) is 4.79 Å². The number of primary amides is 1. The number of hydrogen-bond donors (Lipinski definition) is 4. The van der Waals surface area contributed by atoms with Crippen LogP contribution in [0.4, 0.5) is 11.6 Å². The molecule has 1 aromatic rings. The number of aromatic nitrogens is 2. The van der Waals surface area contributed by atoms with Gasteiger partial charge in [0.25, 0.3) is 0 Å². The van der Waals surface area contributed by atoms with Gasteiger partial charge in [-0.2, -0.15) is 0 Å². The van der Waals surface area contributed by atoms with Crippen LogP contribution in [0, 0.1) is 13.8 Å². The molecule has 0 aliphatic carbocycles. The summed E-state index contributed by atoms with van der Waals surface area (Å²) >= 11 is 0. The molecule has 0 saturated carbocycles. The van der Waals surface area contributed by atoms with E-state index < -0.39 is 5.91 Å². The van der Waals surface area contributed by atoms with Gasteiger partial charge in [0.2, 0.25) is 5.91 Å². The van der Waals surface area contributed by atoms with Crippen molar-refractivity contribution in [3.63, 3.8) is 0 Å². The molecule has 0 spiro atoms. The van der Waals surface area contributed by atoms with Crippen molar-refractivity contribution in [3.05, 3.63) is 11.4 Å². The van der Waals surface area contributed by atoms with Gasteiger partial charge in [-0.05, 0) is 13.8 Å². The first-order valence-electron chi connectivity index (χ1n) is 5.46. The number of nitrogen functional groups attached to an aromatic ring is 1. The highest BCUT2D eigenvalue weighted by Crippen LogP contribution is 2.18. The zero-order valence-corrected chi connectivity index (χ0v) is 10.5. The number of nitrogens with one attached hydrogen (secondary N) is 2. The van der Waals surface area contributed by atoms with Gasteiger partial charge in [-0.25, -0.2) is 15.8 Å². The van der Waals surface area contributed by atoms with Crippen LogP contribution in [0.3, 0.4) is 0 Å². The Balaban J connectivity index is 2.51. The fourth-order valence-electron chi connectivity index (χ4n) is 1.36. The molecule has 1 rings (SSSR count). The Labute approximate surface area is 105 Å². The third-order valence-electron chi connectivity index (χ3n) is 2.18. The van der Waals surface area contributed by atoms with Crippen molar-refractivity contribution in [2.24, 2.45) is 11.6 Å². The molecule has 100 valence electrons. The molecule has 0 saturated heterocycles. The Morgan fingerprint density at radius 1 is 1.33 bits per heavy atom. The topological polar surface area (TPSA) is 128 Å². The summed E-state index contributed by atoms with van der Waals surface area (Å²) in [6, 6.07) is 0. The van der Waals surface area contributed by atoms with E-state index in [-0.39, 0.29) is 6.61 Å². The Bertz CT molecular complexity index is 423. The summed E-state index contributed by atoms with van der Waals surface area (Å²) in [5.74, 6) is 6.72. The Hall–Kier alpha value is -1.93. The highest BCUT2D eigenvalue weighted by atomic mass is 16.5. The fraction of sp³-hybridized carbons (Fsp3) is 0.500. The molecule has 8 heteroatoms. The van der Waals surface area contributed by atoms with Crippen molar-refractivity contribution < 1.29 is 9.53 Å². The lowest BCUT2D eigenvalue weighted by molar-refractivity contribution is -0.122. The zero-order valence-electron chi connectivity index (χ0n) is 10.5. The molecule has 0 fully saturated rings. The van der Waals surface area contributed by atoms with Crippen LogP contribution in [0.5, 0.6) is 0 Å². The summed E-state index contributed by atoms with van der Waals surface area (Å²) in [5.41, 5.74) is 8.27. The summed E-state index contributed by atoms with van der Waals surface area (Å²) in [5, 5.41) is 3.08. The SMILES string of the molecule is Cc1nc(NN)c(C)c(NCCOCC(N)=O)n1. The van der Waals surface area contributed by atoms with Gasteiger partial charge in [0.05, 0.1) is 6.61 Å². The maximum absolute atomic E-state index is 10.4. The first-order valence-corrected chi connectivity index (χ1v) is 5.46. The van der Waals surface area contributed by atoms with Gasteiger partial charge in [0.15, 0.2) is 0 Å². The largest absolute Gasteiger partial charge is 0.370 e. The second-order valence-corrected chi connectivity index (χ2v) is 3.68. The van der Waals surface area contributed by atoms with E-state index in [0.717, 1.165) is 5.56 Å². The van der Waals surface area contributed by atoms with Crippen LogP contribution in [-0.4, -0.2) is 35.6 Å². The maximum Gasteiger partial charge on any atom is 0.243 e. The number of nitrogens with two attached hydrogens (primary N) is 2. The Kier molecular flexibility index (Phi) is 5.28. The average molecular weight is 254 g/mol. The first kappa shape index (κ1) is 14.1. The van der Waals surface area contributed by atoms with Crippen molar-refractivity contribution >= 4 is 17.5 Å². The molecule has 0 aliphatic rings. The highest BCUT2D eigenvalue weighted by Gasteiger charge is 2.07. The second kappa shape index (κ2) is 6.72. The van der Waals surface area contributed by atoms with Crippen LogP contribution >= 0.6 is 0 Å². The predicted molar refractivity (Wildman–Crippen MR) is 67.8 cm³/mol. The van der Waals surface area contributed by atoms with Crippen LogP contribution in [0.15, 0.2) is 0 Å². The summed E-state index contributed by atoms with van der Waals surface area (Å²) in [6.45, 7) is 4.40. The Morgan fingerprint density at radius 2 is 2.00 bits per heavy atom.